The fraction of sp³-hybridized carbons (Fsp3) is 0. The molecule has 0 unspecified atom stereocenters. The maximum atomic E-state index is 13.3. The van der Waals surface area contributed by atoms with Gasteiger partial charge >= 0.3 is 0 Å². The third kappa shape index (κ3) is 1.62. The number of carbonyl (C=O) groups is 1. The van der Waals surface area contributed by atoms with Crippen LogP contribution in [0.1, 0.15) is 16.2 Å². The van der Waals surface area contributed by atoms with Crippen molar-refractivity contribution >= 4 is 32.6 Å². The van der Waals surface area contributed by atoms with E-state index in [1.165, 1.54) is 16.7 Å². The molecule has 21 heavy (non-hydrogen) atoms. The Morgan fingerprint density at radius 2 is 1.90 bits per heavy atom. The first-order valence-electron chi connectivity index (χ1n) is 6.13. The molecule has 0 saturated heterocycles. The lowest BCUT2D eigenvalue weighted by atomic mass is 10.1. The van der Waals surface area contributed by atoms with Crippen molar-refractivity contribution in [2.45, 2.75) is 0 Å². The van der Waals surface area contributed by atoms with E-state index in [-0.39, 0.29) is 17.0 Å². The van der Waals surface area contributed by atoms with Crippen LogP contribution in [0.2, 0.25) is 0 Å². The highest BCUT2D eigenvalue weighted by atomic mass is 79.9. The highest BCUT2D eigenvalue weighted by molar-refractivity contribution is 9.10. The summed E-state index contributed by atoms with van der Waals surface area (Å²) in [6.45, 7) is 0. The van der Waals surface area contributed by atoms with Gasteiger partial charge in [-0.3, -0.25) is 14.2 Å². The van der Waals surface area contributed by atoms with Gasteiger partial charge < -0.3 is 0 Å². The molecule has 0 radical (unpaired) electrons. The first-order valence-corrected chi connectivity index (χ1v) is 6.92. The largest absolute Gasteiger partial charge is 0.285 e. The van der Waals surface area contributed by atoms with E-state index >= 15 is 0 Å². The van der Waals surface area contributed by atoms with Crippen LogP contribution in [0.25, 0.3) is 16.6 Å². The van der Waals surface area contributed by atoms with Gasteiger partial charge in [-0.2, -0.15) is 0 Å². The zero-order chi connectivity index (χ0) is 14.7. The summed E-state index contributed by atoms with van der Waals surface area (Å²) in [5.41, 5.74) is 0.753. The Hall–Kier alpha value is -2.34. The number of halogens is 2. The van der Waals surface area contributed by atoms with Crippen LogP contribution in [0.5, 0.6) is 0 Å². The summed E-state index contributed by atoms with van der Waals surface area (Å²) in [6, 6.07) is 8.82. The van der Waals surface area contributed by atoms with Crippen molar-refractivity contribution in [3.05, 3.63) is 68.4 Å². The molecule has 0 fully saturated rings. The molecule has 2 heterocycles. The standard InChI is InChI=1S/C15H6BrFN2O2/c16-7-1-4-12-10(5-7)13(20)14-18-11-3-2-8(17)6-9(11)15(21)19(12)14/h1-6H. The summed E-state index contributed by atoms with van der Waals surface area (Å²) in [6.07, 6.45) is 0. The molecule has 2 aromatic carbocycles. The number of carbonyl (C=O) groups excluding carboxylic acids is 1. The first-order chi connectivity index (χ1) is 10.1. The summed E-state index contributed by atoms with van der Waals surface area (Å²) in [5.74, 6) is -0.760. The Morgan fingerprint density at radius 3 is 2.71 bits per heavy atom. The average Bonchev–Trinajstić information content (AvgIpc) is 2.73. The van der Waals surface area contributed by atoms with Gasteiger partial charge in [0.25, 0.3) is 5.56 Å². The minimum absolute atomic E-state index is 0.0622. The third-order valence-electron chi connectivity index (χ3n) is 3.48. The number of hydrogen-bond donors (Lipinski definition) is 0. The average molecular weight is 345 g/mol. The summed E-state index contributed by atoms with van der Waals surface area (Å²) in [7, 11) is 0. The molecule has 0 amide bonds. The van der Waals surface area contributed by atoms with Gasteiger partial charge in [0.1, 0.15) is 5.82 Å². The van der Waals surface area contributed by atoms with Gasteiger partial charge in [-0.05, 0) is 36.4 Å². The van der Waals surface area contributed by atoms with Gasteiger partial charge in [-0.25, -0.2) is 9.37 Å². The number of hydrogen-bond acceptors (Lipinski definition) is 3. The Balaban J connectivity index is 2.18. The normalized spacial score (nSPS) is 12.6. The molecule has 102 valence electrons. The van der Waals surface area contributed by atoms with Crippen LogP contribution in [0.15, 0.2) is 45.7 Å². The van der Waals surface area contributed by atoms with E-state index in [1.54, 1.807) is 18.2 Å². The number of ketones is 1. The zero-order valence-corrected chi connectivity index (χ0v) is 12.0. The molecule has 4 rings (SSSR count). The van der Waals surface area contributed by atoms with Crippen LogP contribution in [-0.2, 0) is 0 Å². The Bertz CT molecular complexity index is 1010. The number of nitrogens with zero attached hydrogens (tertiary/aromatic N) is 2. The van der Waals surface area contributed by atoms with Gasteiger partial charge in [0.15, 0.2) is 5.82 Å². The van der Waals surface area contributed by atoms with Crippen molar-refractivity contribution in [1.82, 2.24) is 9.55 Å². The van der Waals surface area contributed by atoms with Gasteiger partial charge in [0.05, 0.1) is 22.2 Å². The lowest BCUT2D eigenvalue weighted by molar-refractivity contribution is 0.103. The van der Waals surface area contributed by atoms with E-state index in [0.29, 0.717) is 16.8 Å². The summed E-state index contributed by atoms with van der Waals surface area (Å²) < 4.78 is 15.3. The minimum atomic E-state index is -0.512. The second-order valence-electron chi connectivity index (χ2n) is 4.73. The third-order valence-corrected chi connectivity index (χ3v) is 3.97. The molecule has 6 heteroatoms. The number of benzene rings is 2. The minimum Gasteiger partial charge on any atom is -0.285 e. The van der Waals surface area contributed by atoms with Crippen molar-refractivity contribution in [3.63, 3.8) is 0 Å². The van der Waals surface area contributed by atoms with Gasteiger partial charge in [-0.1, -0.05) is 15.9 Å². The van der Waals surface area contributed by atoms with E-state index in [4.69, 9.17) is 0 Å². The molecule has 0 saturated carbocycles. The highest BCUT2D eigenvalue weighted by Gasteiger charge is 2.30. The zero-order valence-electron chi connectivity index (χ0n) is 10.4. The SMILES string of the molecule is O=C1c2cc(Br)ccc2-n2c1nc1ccc(F)cc1c2=O. The van der Waals surface area contributed by atoms with E-state index in [9.17, 15) is 14.0 Å². The van der Waals surface area contributed by atoms with E-state index in [2.05, 4.69) is 20.9 Å². The molecule has 1 aromatic heterocycles. The molecule has 0 spiro atoms. The van der Waals surface area contributed by atoms with Crippen molar-refractivity contribution in [1.29, 1.82) is 0 Å². The number of rotatable bonds is 0. The quantitative estimate of drug-likeness (QED) is 0.493. The van der Waals surface area contributed by atoms with E-state index in [0.717, 1.165) is 10.5 Å². The molecule has 0 atom stereocenters. The second-order valence-corrected chi connectivity index (χ2v) is 5.64. The molecule has 3 aromatic rings. The van der Waals surface area contributed by atoms with Crippen LogP contribution in [0.4, 0.5) is 4.39 Å². The smallest absolute Gasteiger partial charge is 0.266 e. The summed E-state index contributed by atoms with van der Waals surface area (Å²) >= 11 is 3.30. The van der Waals surface area contributed by atoms with Gasteiger partial charge in [0, 0.05) is 4.47 Å². The fourth-order valence-corrected chi connectivity index (χ4v) is 2.90. The Kier molecular flexibility index (Phi) is 2.41. The monoisotopic (exact) mass is 344 g/mol. The van der Waals surface area contributed by atoms with E-state index in [1.807, 2.05) is 0 Å². The van der Waals surface area contributed by atoms with Crippen molar-refractivity contribution in [2.75, 3.05) is 0 Å². The van der Waals surface area contributed by atoms with Crippen molar-refractivity contribution in [2.24, 2.45) is 0 Å². The molecular formula is C15H6BrFN2O2. The van der Waals surface area contributed by atoms with Crippen LogP contribution in [0, 0.1) is 5.82 Å². The number of fused-ring (bicyclic) bond motifs is 4. The summed E-state index contributed by atoms with van der Waals surface area (Å²) in [4.78, 5) is 29.2. The van der Waals surface area contributed by atoms with Crippen molar-refractivity contribution < 1.29 is 9.18 Å². The van der Waals surface area contributed by atoms with Crippen molar-refractivity contribution in [3.8, 4) is 5.69 Å². The predicted molar refractivity (Wildman–Crippen MR) is 78.4 cm³/mol. The molecule has 0 bridgehead atoms. The maximum Gasteiger partial charge on any atom is 0.266 e. The van der Waals surface area contributed by atoms with Gasteiger partial charge in [-0.15, -0.1) is 0 Å². The topological polar surface area (TPSA) is 52.0 Å². The van der Waals surface area contributed by atoms with Crippen LogP contribution in [0.3, 0.4) is 0 Å². The predicted octanol–water partition coefficient (Wildman–Crippen LogP) is 2.83. The Morgan fingerprint density at radius 1 is 1.10 bits per heavy atom. The van der Waals surface area contributed by atoms with Crippen LogP contribution >= 0.6 is 15.9 Å². The second kappa shape index (κ2) is 4.08. The Labute approximate surface area is 126 Å². The lowest BCUT2D eigenvalue weighted by Crippen LogP contribution is -2.21. The molecule has 0 N–H and O–H groups in total. The maximum absolute atomic E-state index is 13.3. The molecule has 0 aliphatic carbocycles. The fourth-order valence-electron chi connectivity index (χ4n) is 2.54. The molecule has 1 aliphatic heterocycles. The lowest BCUT2D eigenvalue weighted by Gasteiger charge is -2.05. The van der Waals surface area contributed by atoms with Gasteiger partial charge in [0.2, 0.25) is 5.78 Å². The summed E-state index contributed by atoms with van der Waals surface area (Å²) in [5, 5.41) is 0.155. The number of aromatic nitrogens is 2. The molecule has 4 nitrogen and oxygen atoms in total. The van der Waals surface area contributed by atoms with Crippen LogP contribution < -0.4 is 5.56 Å². The molecular weight excluding hydrogens is 339 g/mol. The van der Waals surface area contributed by atoms with Crippen LogP contribution in [-0.4, -0.2) is 15.3 Å². The highest BCUT2D eigenvalue weighted by Crippen LogP contribution is 2.28. The molecule has 1 aliphatic rings. The first kappa shape index (κ1) is 12.4. The van der Waals surface area contributed by atoms with E-state index < -0.39 is 11.4 Å².